The van der Waals surface area contributed by atoms with E-state index < -0.39 is 5.60 Å². The molecule has 1 rings (SSSR count). The van der Waals surface area contributed by atoms with Crippen molar-refractivity contribution in [2.24, 2.45) is 0 Å². The van der Waals surface area contributed by atoms with E-state index in [9.17, 15) is 4.79 Å². The summed E-state index contributed by atoms with van der Waals surface area (Å²) >= 11 is 0. The average Bonchev–Trinajstić information content (AvgIpc) is 2.02. The highest BCUT2D eigenvalue weighted by Crippen LogP contribution is 2.08. The molecule has 1 aliphatic rings. The molecule has 0 radical (unpaired) electrons. The molecule has 0 unspecified atom stereocenters. The van der Waals surface area contributed by atoms with Gasteiger partial charge in [-0.15, -0.1) is 0 Å². The van der Waals surface area contributed by atoms with Crippen LogP contribution < -0.4 is 5.32 Å². The average molecular weight is 216 g/mol. The van der Waals surface area contributed by atoms with Crippen LogP contribution in [0, 0.1) is 0 Å². The highest BCUT2D eigenvalue weighted by molar-refractivity contribution is 5.68. The minimum atomic E-state index is -0.403. The zero-order valence-electron chi connectivity index (χ0n) is 10.8. The molecule has 15 heavy (non-hydrogen) atoms. The Hall–Kier alpha value is -0.770. The molecule has 0 bridgehead atoms. The van der Waals surface area contributed by atoms with E-state index in [4.69, 9.17) is 4.74 Å². The van der Waals surface area contributed by atoms with Crippen LogP contribution in [-0.2, 0) is 4.74 Å². The fourth-order valence-electron chi connectivity index (χ4n) is 1.26. The van der Waals surface area contributed by atoms with Gasteiger partial charge in [-0.05, 0) is 27.8 Å². The lowest BCUT2D eigenvalue weighted by Crippen LogP contribution is -2.58. The van der Waals surface area contributed by atoms with E-state index in [-0.39, 0.29) is 12.1 Å². The molecule has 4 heteroatoms. The van der Waals surface area contributed by atoms with Crippen molar-refractivity contribution >= 4 is 6.09 Å². The van der Waals surface area contributed by atoms with E-state index in [0.29, 0.717) is 0 Å². The van der Waals surface area contributed by atoms with Crippen LogP contribution in [0.25, 0.3) is 0 Å². The molecule has 1 aliphatic heterocycles. The number of likely N-dealkylation sites (tertiary alicyclic amines) is 1. The lowest BCUT2D eigenvalue weighted by atomic mass is 10.1. The molecule has 0 atom stereocenters. The highest BCUT2D eigenvalue weighted by Gasteiger charge is 2.26. The van der Waals surface area contributed by atoms with Crippen LogP contribution in [-0.4, -0.2) is 42.8 Å². The van der Waals surface area contributed by atoms with Crippen LogP contribution in [0.5, 0.6) is 0 Å². The molecule has 0 aliphatic carbocycles. The summed E-state index contributed by atoms with van der Waals surface area (Å²) in [7, 11) is 2.02. The van der Waals surface area contributed by atoms with Crippen molar-refractivity contribution < 1.29 is 9.53 Å². The van der Waals surface area contributed by atoms with Crippen LogP contribution >= 0.6 is 0 Å². The van der Waals surface area contributed by atoms with E-state index in [0.717, 1.165) is 13.1 Å². The van der Waals surface area contributed by atoms with Crippen LogP contribution in [0.15, 0.2) is 0 Å². The summed E-state index contributed by atoms with van der Waals surface area (Å²) in [5, 5.41) is 2.80. The van der Waals surface area contributed by atoms with Gasteiger partial charge < -0.3 is 15.0 Å². The predicted octanol–water partition coefficient (Wildman–Crippen LogP) is 1.85. The predicted molar refractivity (Wildman–Crippen MR) is 62.0 cm³/mol. The Morgan fingerprint density at radius 2 is 1.80 bits per heavy atom. The minimum Gasteiger partial charge on any atom is -0.444 e. The largest absolute Gasteiger partial charge is 0.444 e. The number of carbonyl (C=O) groups is 1. The molecule has 90 valence electrons. The van der Waals surface area contributed by atoms with Crippen molar-refractivity contribution in [1.82, 2.24) is 10.2 Å². The van der Waals surface area contributed by atoms with Gasteiger partial charge in [-0.3, -0.25) is 0 Å². The monoisotopic (exact) mass is 216 g/mol. The number of rotatable bonds is 1. The van der Waals surface area contributed by atoms with E-state index in [2.05, 4.69) is 10.2 Å². The number of hydrogen-bond donors (Lipinski definition) is 1. The van der Waals surface area contributed by atoms with E-state index in [1.807, 2.05) is 41.7 Å². The van der Waals surface area contributed by atoms with Crippen molar-refractivity contribution in [2.75, 3.05) is 20.1 Å². The quantitative estimate of drug-likeness (QED) is 0.727. The third-order valence-corrected chi connectivity index (χ3v) is 1.78. The van der Waals surface area contributed by atoms with Crippen molar-refractivity contribution in [1.29, 1.82) is 0 Å². The summed E-state index contributed by atoms with van der Waals surface area (Å²) in [6.07, 6.45) is -0.314. The van der Waals surface area contributed by atoms with Gasteiger partial charge in [-0.1, -0.05) is 13.8 Å². The fourth-order valence-corrected chi connectivity index (χ4v) is 1.26. The third-order valence-electron chi connectivity index (χ3n) is 1.78. The highest BCUT2D eigenvalue weighted by atomic mass is 16.6. The van der Waals surface area contributed by atoms with Gasteiger partial charge in [0.05, 0.1) is 6.04 Å². The van der Waals surface area contributed by atoms with E-state index >= 15 is 0 Å². The summed E-state index contributed by atoms with van der Waals surface area (Å²) in [4.78, 5) is 13.4. The van der Waals surface area contributed by atoms with Gasteiger partial charge in [-0.25, -0.2) is 4.79 Å². The van der Waals surface area contributed by atoms with Gasteiger partial charge in [-0.2, -0.15) is 0 Å². The molecule has 0 saturated carbocycles. The Morgan fingerprint density at radius 1 is 1.33 bits per heavy atom. The van der Waals surface area contributed by atoms with E-state index in [1.54, 1.807) is 0 Å². The normalized spacial score (nSPS) is 17.2. The second-order valence-corrected chi connectivity index (χ2v) is 4.56. The number of hydrogen-bond acceptors (Lipinski definition) is 3. The summed E-state index contributed by atoms with van der Waals surface area (Å²) < 4.78 is 5.11. The summed E-state index contributed by atoms with van der Waals surface area (Å²) in [5.74, 6) is 0. The lowest BCUT2D eigenvalue weighted by Gasteiger charge is -2.36. The maximum absolute atomic E-state index is 11.2. The Bertz CT molecular complexity index is 193. The molecule has 1 amide bonds. The first-order valence-electron chi connectivity index (χ1n) is 5.55. The third kappa shape index (κ3) is 6.33. The fraction of sp³-hybridized carbons (Fsp3) is 0.909. The minimum absolute atomic E-state index is 0.264. The molecule has 0 spiro atoms. The van der Waals surface area contributed by atoms with Gasteiger partial charge in [0, 0.05) is 13.1 Å². The lowest BCUT2D eigenvalue weighted by molar-refractivity contribution is 0.0429. The molecule has 1 heterocycles. The number of alkyl carbamates (subject to hydrolysis) is 1. The van der Waals surface area contributed by atoms with Crippen molar-refractivity contribution in [3.63, 3.8) is 0 Å². The Kier molecular flexibility index (Phi) is 5.65. The van der Waals surface area contributed by atoms with Gasteiger partial charge in [0.15, 0.2) is 0 Å². The van der Waals surface area contributed by atoms with Crippen molar-refractivity contribution in [3.8, 4) is 0 Å². The van der Waals surface area contributed by atoms with Crippen LogP contribution in [0.4, 0.5) is 4.79 Å². The van der Waals surface area contributed by atoms with Crippen LogP contribution in [0.3, 0.4) is 0 Å². The van der Waals surface area contributed by atoms with Crippen molar-refractivity contribution in [2.45, 2.75) is 46.3 Å². The van der Waals surface area contributed by atoms with Crippen LogP contribution in [0.2, 0.25) is 0 Å². The van der Waals surface area contributed by atoms with Gasteiger partial charge in [0.25, 0.3) is 0 Å². The summed E-state index contributed by atoms with van der Waals surface area (Å²) in [6.45, 7) is 11.4. The first kappa shape index (κ1) is 14.2. The van der Waals surface area contributed by atoms with Gasteiger partial charge in [0.2, 0.25) is 0 Å². The molecule has 1 N–H and O–H groups in total. The second kappa shape index (κ2) is 5.95. The number of nitrogens with one attached hydrogen (secondary N) is 1. The first-order chi connectivity index (χ1) is 6.87. The molecule has 0 aromatic carbocycles. The molecule has 0 aromatic heterocycles. The Balaban J connectivity index is 0.000000921. The van der Waals surface area contributed by atoms with Crippen LogP contribution in [0.1, 0.15) is 34.6 Å². The topological polar surface area (TPSA) is 41.6 Å². The zero-order chi connectivity index (χ0) is 12.1. The molecule has 4 nitrogen and oxygen atoms in total. The molecule has 0 aromatic rings. The molecule has 1 saturated heterocycles. The van der Waals surface area contributed by atoms with Gasteiger partial charge in [0.1, 0.15) is 5.60 Å². The first-order valence-corrected chi connectivity index (χ1v) is 5.55. The number of ether oxygens (including phenoxy) is 1. The second-order valence-electron chi connectivity index (χ2n) is 4.56. The molecule has 1 fully saturated rings. The number of amides is 1. The SMILES string of the molecule is CC.CN1CC(NC(=O)OC(C)(C)C)C1. The molecular formula is C11H24N2O2. The summed E-state index contributed by atoms with van der Waals surface area (Å²) in [6, 6.07) is 0.264. The zero-order valence-corrected chi connectivity index (χ0v) is 10.8. The standard InChI is InChI=1S/C9H18N2O2.C2H6/c1-9(2,3)13-8(12)10-7-5-11(4)6-7;1-2/h7H,5-6H2,1-4H3,(H,10,12);1-2H3. The Morgan fingerprint density at radius 3 is 2.13 bits per heavy atom. The summed E-state index contributed by atoms with van der Waals surface area (Å²) in [5.41, 5.74) is -0.403. The van der Waals surface area contributed by atoms with Gasteiger partial charge >= 0.3 is 6.09 Å². The van der Waals surface area contributed by atoms with E-state index in [1.165, 1.54) is 0 Å². The molecular weight excluding hydrogens is 192 g/mol. The Labute approximate surface area is 93.0 Å². The number of carbonyl (C=O) groups excluding carboxylic acids is 1. The number of likely N-dealkylation sites (N-methyl/N-ethyl adjacent to an activating group) is 1. The maximum Gasteiger partial charge on any atom is 0.407 e. The van der Waals surface area contributed by atoms with Crippen molar-refractivity contribution in [3.05, 3.63) is 0 Å². The maximum atomic E-state index is 11.2. The smallest absolute Gasteiger partial charge is 0.407 e. The number of nitrogens with zero attached hydrogens (tertiary/aromatic N) is 1.